The number of carbonyl (C=O) groups is 1. The second-order valence-electron chi connectivity index (χ2n) is 6.32. The molecule has 1 aliphatic heterocycles. The Balaban J connectivity index is 1.93. The summed E-state index contributed by atoms with van der Waals surface area (Å²) in [5.41, 5.74) is 4.10. The van der Waals surface area contributed by atoms with E-state index in [4.69, 9.17) is 0 Å². The maximum atomic E-state index is 12.9. The highest BCUT2D eigenvalue weighted by atomic mass is 16.2. The van der Waals surface area contributed by atoms with Crippen LogP contribution >= 0.6 is 0 Å². The van der Waals surface area contributed by atoms with Gasteiger partial charge in [0.1, 0.15) is 5.69 Å². The van der Waals surface area contributed by atoms with Crippen LogP contribution in [0.2, 0.25) is 0 Å². The molecule has 1 aromatic carbocycles. The number of rotatable bonds is 3. The Morgan fingerprint density at radius 1 is 1.26 bits per heavy atom. The first-order chi connectivity index (χ1) is 11.2. The standard InChI is InChI=1S/C19H21N3O/c1-3-4-11-22-12-9-15-14-8-7-13-6-5-10-20-16(13)17(14)21(2)18(15)19(22)23/h5-8,10H,3-4,9,11-12H2,1-2H3. The number of unbranched alkanes of at least 4 members (excludes halogenated alkanes) is 1. The van der Waals surface area contributed by atoms with E-state index in [1.54, 1.807) is 0 Å². The summed E-state index contributed by atoms with van der Waals surface area (Å²) >= 11 is 0. The van der Waals surface area contributed by atoms with Crippen LogP contribution in [0.3, 0.4) is 0 Å². The monoisotopic (exact) mass is 307 g/mol. The predicted molar refractivity (Wildman–Crippen MR) is 92.7 cm³/mol. The van der Waals surface area contributed by atoms with E-state index in [1.807, 2.05) is 24.2 Å². The lowest BCUT2D eigenvalue weighted by molar-refractivity contribution is 0.0728. The summed E-state index contributed by atoms with van der Waals surface area (Å²) in [5.74, 6) is 0.169. The molecule has 1 amide bonds. The zero-order chi connectivity index (χ0) is 16.0. The molecular weight excluding hydrogens is 286 g/mol. The van der Waals surface area contributed by atoms with Crippen molar-refractivity contribution in [1.29, 1.82) is 0 Å². The molecule has 2 aromatic heterocycles. The van der Waals surface area contributed by atoms with E-state index in [-0.39, 0.29) is 5.91 Å². The highest BCUT2D eigenvalue weighted by Crippen LogP contribution is 2.33. The Morgan fingerprint density at radius 2 is 2.13 bits per heavy atom. The minimum atomic E-state index is 0.169. The number of hydrogen-bond acceptors (Lipinski definition) is 2. The molecule has 0 radical (unpaired) electrons. The summed E-state index contributed by atoms with van der Waals surface area (Å²) < 4.78 is 2.06. The van der Waals surface area contributed by atoms with Gasteiger partial charge in [0.15, 0.2) is 0 Å². The van der Waals surface area contributed by atoms with Crippen LogP contribution < -0.4 is 0 Å². The molecule has 23 heavy (non-hydrogen) atoms. The molecule has 0 aliphatic carbocycles. The third-order valence-corrected chi connectivity index (χ3v) is 4.93. The Kier molecular flexibility index (Phi) is 3.33. The lowest BCUT2D eigenvalue weighted by atomic mass is 10.0. The third kappa shape index (κ3) is 2.05. The largest absolute Gasteiger partial charge is 0.338 e. The van der Waals surface area contributed by atoms with Gasteiger partial charge >= 0.3 is 0 Å². The average molecular weight is 307 g/mol. The Hall–Kier alpha value is -2.36. The topological polar surface area (TPSA) is 38.1 Å². The van der Waals surface area contributed by atoms with Crippen molar-refractivity contribution in [2.24, 2.45) is 7.05 Å². The van der Waals surface area contributed by atoms with Gasteiger partial charge in [0.05, 0.1) is 11.0 Å². The minimum absolute atomic E-state index is 0.169. The van der Waals surface area contributed by atoms with Gasteiger partial charge in [0.2, 0.25) is 0 Å². The minimum Gasteiger partial charge on any atom is -0.338 e. The van der Waals surface area contributed by atoms with E-state index in [2.05, 4.69) is 34.7 Å². The highest BCUT2D eigenvalue weighted by molar-refractivity contribution is 6.10. The molecule has 0 fully saturated rings. The second kappa shape index (κ2) is 5.37. The molecule has 1 aliphatic rings. The van der Waals surface area contributed by atoms with Crippen molar-refractivity contribution in [1.82, 2.24) is 14.5 Å². The van der Waals surface area contributed by atoms with Gasteiger partial charge in [-0.25, -0.2) is 0 Å². The quantitative estimate of drug-likeness (QED) is 0.742. The molecule has 0 saturated carbocycles. The van der Waals surface area contributed by atoms with Crippen LogP contribution in [0, 0.1) is 0 Å². The van der Waals surface area contributed by atoms with Gasteiger partial charge in [-0.3, -0.25) is 9.78 Å². The number of amides is 1. The first kappa shape index (κ1) is 14.2. The molecule has 118 valence electrons. The van der Waals surface area contributed by atoms with Crippen molar-refractivity contribution in [2.45, 2.75) is 26.2 Å². The van der Waals surface area contributed by atoms with E-state index in [1.165, 1.54) is 10.9 Å². The molecule has 3 heterocycles. The summed E-state index contributed by atoms with van der Waals surface area (Å²) in [6.07, 6.45) is 4.93. The van der Waals surface area contributed by atoms with Crippen LogP contribution in [0.1, 0.15) is 35.8 Å². The molecule has 4 nitrogen and oxygen atoms in total. The molecule has 0 N–H and O–H groups in total. The van der Waals surface area contributed by atoms with Gasteiger partial charge in [0, 0.05) is 37.1 Å². The number of carbonyl (C=O) groups excluding carboxylic acids is 1. The fraction of sp³-hybridized carbons (Fsp3) is 0.368. The number of fused-ring (bicyclic) bond motifs is 5. The number of pyridine rings is 1. The van der Waals surface area contributed by atoms with Crippen molar-refractivity contribution in [3.8, 4) is 0 Å². The van der Waals surface area contributed by atoms with Gasteiger partial charge in [-0.1, -0.05) is 31.5 Å². The van der Waals surface area contributed by atoms with Gasteiger partial charge in [0.25, 0.3) is 5.91 Å². The maximum Gasteiger partial charge on any atom is 0.270 e. The van der Waals surface area contributed by atoms with Crippen LogP contribution in [0.15, 0.2) is 30.5 Å². The Labute approximate surface area is 135 Å². The fourth-order valence-corrected chi connectivity index (χ4v) is 3.74. The zero-order valence-electron chi connectivity index (χ0n) is 13.7. The van der Waals surface area contributed by atoms with Crippen molar-refractivity contribution in [3.63, 3.8) is 0 Å². The second-order valence-corrected chi connectivity index (χ2v) is 6.32. The Morgan fingerprint density at radius 3 is 2.96 bits per heavy atom. The lowest BCUT2D eigenvalue weighted by Crippen LogP contribution is -2.39. The van der Waals surface area contributed by atoms with E-state index >= 15 is 0 Å². The van der Waals surface area contributed by atoms with Crippen LogP contribution in [0.4, 0.5) is 0 Å². The van der Waals surface area contributed by atoms with E-state index < -0.39 is 0 Å². The summed E-state index contributed by atoms with van der Waals surface area (Å²) in [5, 5.41) is 2.30. The van der Waals surface area contributed by atoms with Gasteiger partial charge in [-0.15, -0.1) is 0 Å². The SMILES string of the molecule is CCCCN1CCc2c(n(C)c3c2ccc2cccnc23)C1=O. The summed E-state index contributed by atoms with van der Waals surface area (Å²) in [6.45, 7) is 3.84. The normalized spacial score (nSPS) is 14.7. The molecule has 0 unspecified atom stereocenters. The highest BCUT2D eigenvalue weighted by Gasteiger charge is 2.30. The van der Waals surface area contributed by atoms with Crippen LogP contribution in [-0.2, 0) is 13.5 Å². The summed E-state index contributed by atoms with van der Waals surface area (Å²) in [4.78, 5) is 19.5. The van der Waals surface area contributed by atoms with E-state index in [9.17, 15) is 4.79 Å². The van der Waals surface area contributed by atoms with Crippen molar-refractivity contribution >= 4 is 27.7 Å². The third-order valence-electron chi connectivity index (χ3n) is 4.93. The zero-order valence-corrected chi connectivity index (χ0v) is 13.7. The van der Waals surface area contributed by atoms with Gasteiger partial charge in [-0.05, 0) is 24.5 Å². The van der Waals surface area contributed by atoms with Crippen molar-refractivity contribution < 1.29 is 4.79 Å². The molecule has 3 aromatic rings. The van der Waals surface area contributed by atoms with E-state index in [0.29, 0.717) is 0 Å². The van der Waals surface area contributed by atoms with Crippen molar-refractivity contribution in [2.75, 3.05) is 13.1 Å². The first-order valence-corrected chi connectivity index (χ1v) is 8.36. The van der Waals surface area contributed by atoms with Crippen LogP contribution in [-0.4, -0.2) is 33.4 Å². The van der Waals surface area contributed by atoms with Gasteiger partial charge in [-0.2, -0.15) is 0 Å². The molecule has 0 spiro atoms. The molecule has 4 heteroatoms. The number of nitrogens with zero attached hydrogens (tertiary/aromatic N) is 3. The number of hydrogen-bond donors (Lipinski definition) is 0. The number of aromatic nitrogens is 2. The molecule has 0 bridgehead atoms. The average Bonchev–Trinajstić information content (AvgIpc) is 2.88. The van der Waals surface area contributed by atoms with Gasteiger partial charge < -0.3 is 9.47 Å². The Bertz CT molecular complexity index is 910. The molecule has 4 rings (SSSR count). The molecular formula is C19H21N3O. The van der Waals surface area contributed by atoms with Crippen LogP contribution in [0.5, 0.6) is 0 Å². The lowest BCUT2D eigenvalue weighted by Gasteiger charge is -2.27. The van der Waals surface area contributed by atoms with Crippen molar-refractivity contribution in [3.05, 3.63) is 41.7 Å². The predicted octanol–water partition coefficient (Wildman–Crippen LogP) is 3.52. The van der Waals surface area contributed by atoms with E-state index in [0.717, 1.165) is 54.5 Å². The summed E-state index contributed by atoms with van der Waals surface area (Å²) in [6, 6.07) is 8.28. The fourth-order valence-electron chi connectivity index (χ4n) is 3.74. The smallest absolute Gasteiger partial charge is 0.270 e. The summed E-state index contributed by atoms with van der Waals surface area (Å²) in [7, 11) is 2.00. The number of aryl methyl sites for hydroxylation is 1. The van der Waals surface area contributed by atoms with Crippen LogP contribution in [0.25, 0.3) is 21.8 Å². The first-order valence-electron chi connectivity index (χ1n) is 8.36. The maximum absolute atomic E-state index is 12.9. The number of benzene rings is 1. The molecule has 0 atom stereocenters. The molecule has 0 saturated heterocycles.